The topological polar surface area (TPSA) is 32.3 Å². The molecule has 3 nitrogen and oxygen atoms in total. The van der Waals surface area contributed by atoms with Crippen LogP contribution in [0.4, 0.5) is 0 Å². The zero-order valence-electron chi connectivity index (χ0n) is 12.2. The number of likely N-dealkylation sites (tertiary alicyclic amines) is 1. The van der Waals surface area contributed by atoms with Crippen molar-refractivity contribution in [1.82, 2.24) is 10.2 Å². The summed E-state index contributed by atoms with van der Waals surface area (Å²) >= 11 is 1.98. The van der Waals surface area contributed by atoms with Crippen LogP contribution in [0.25, 0.3) is 0 Å². The summed E-state index contributed by atoms with van der Waals surface area (Å²) in [6.45, 7) is 3.12. The summed E-state index contributed by atoms with van der Waals surface area (Å²) in [6, 6.07) is 0.411. The third kappa shape index (κ3) is 3.83. The van der Waals surface area contributed by atoms with E-state index in [2.05, 4.69) is 10.2 Å². The maximum Gasteiger partial charge on any atom is 0.224 e. The fourth-order valence-corrected chi connectivity index (χ4v) is 4.90. The minimum absolute atomic E-state index is 0. The maximum absolute atomic E-state index is 12.4. The normalized spacial score (nSPS) is 29.2. The lowest BCUT2D eigenvalue weighted by Gasteiger charge is -2.33. The van der Waals surface area contributed by atoms with Gasteiger partial charge in [0.15, 0.2) is 0 Å². The highest BCUT2D eigenvalue weighted by atomic mass is 35.5. The number of carbonyl (C=O) groups excluding carboxylic acids is 1. The summed E-state index contributed by atoms with van der Waals surface area (Å²) in [5.74, 6) is 2.69. The van der Waals surface area contributed by atoms with Crippen LogP contribution < -0.4 is 5.32 Å². The van der Waals surface area contributed by atoms with E-state index in [1.54, 1.807) is 0 Å². The van der Waals surface area contributed by atoms with Crippen molar-refractivity contribution < 1.29 is 4.79 Å². The van der Waals surface area contributed by atoms with Crippen LogP contribution in [-0.2, 0) is 4.79 Å². The zero-order valence-corrected chi connectivity index (χ0v) is 13.9. The minimum Gasteiger partial charge on any atom is -0.342 e. The molecule has 2 aliphatic heterocycles. The van der Waals surface area contributed by atoms with Gasteiger partial charge in [-0.15, -0.1) is 12.4 Å². The van der Waals surface area contributed by atoms with Crippen LogP contribution in [0.2, 0.25) is 0 Å². The van der Waals surface area contributed by atoms with E-state index in [1.807, 2.05) is 11.8 Å². The van der Waals surface area contributed by atoms with E-state index >= 15 is 0 Å². The molecule has 1 spiro atoms. The lowest BCUT2D eigenvalue weighted by atomic mass is 9.73. The molecule has 1 saturated carbocycles. The van der Waals surface area contributed by atoms with Gasteiger partial charge in [-0.1, -0.05) is 19.3 Å². The van der Waals surface area contributed by atoms with Gasteiger partial charge in [0.05, 0.1) is 0 Å². The molecule has 3 aliphatic rings. The molecule has 3 fully saturated rings. The van der Waals surface area contributed by atoms with Crippen molar-refractivity contribution >= 4 is 30.1 Å². The van der Waals surface area contributed by atoms with Crippen LogP contribution in [0.3, 0.4) is 0 Å². The number of rotatable bonds is 2. The molecule has 1 atom stereocenters. The van der Waals surface area contributed by atoms with Crippen molar-refractivity contribution in [2.24, 2.45) is 5.41 Å². The van der Waals surface area contributed by atoms with Gasteiger partial charge in [-0.25, -0.2) is 0 Å². The van der Waals surface area contributed by atoms with Crippen LogP contribution in [-0.4, -0.2) is 48.0 Å². The van der Waals surface area contributed by atoms with Gasteiger partial charge in [0.1, 0.15) is 0 Å². The average molecular weight is 319 g/mol. The second kappa shape index (κ2) is 7.37. The quantitative estimate of drug-likeness (QED) is 0.849. The molecule has 0 bridgehead atoms. The molecule has 20 heavy (non-hydrogen) atoms. The molecule has 2 heterocycles. The molecule has 116 valence electrons. The van der Waals surface area contributed by atoms with Crippen molar-refractivity contribution in [2.75, 3.05) is 31.1 Å². The third-order valence-corrected chi connectivity index (χ3v) is 6.26. The lowest BCUT2D eigenvalue weighted by molar-refractivity contribution is -0.131. The van der Waals surface area contributed by atoms with E-state index in [1.165, 1.54) is 44.3 Å². The van der Waals surface area contributed by atoms with E-state index in [9.17, 15) is 4.79 Å². The van der Waals surface area contributed by atoms with E-state index in [0.29, 0.717) is 23.8 Å². The van der Waals surface area contributed by atoms with Gasteiger partial charge in [0.2, 0.25) is 5.91 Å². The molecule has 0 radical (unpaired) electrons. The van der Waals surface area contributed by atoms with Crippen molar-refractivity contribution in [3.8, 4) is 0 Å². The first-order chi connectivity index (χ1) is 9.27. The summed E-state index contributed by atoms with van der Waals surface area (Å²) in [5.41, 5.74) is 0.503. The smallest absolute Gasteiger partial charge is 0.224 e. The van der Waals surface area contributed by atoms with E-state index in [0.717, 1.165) is 25.4 Å². The number of carbonyl (C=O) groups is 1. The molecule has 0 aromatic carbocycles. The van der Waals surface area contributed by atoms with Crippen molar-refractivity contribution in [2.45, 2.75) is 51.0 Å². The number of nitrogens with zero attached hydrogens (tertiary/aromatic N) is 1. The van der Waals surface area contributed by atoms with Gasteiger partial charge in [0, 0.05) is 43.6 Å². The van der Waals surface area contributed by atoms with Crippen LogP contribution in [0.15, 0.2) is 0 Å². The monoisotopic (exact) mass is 318 g/mol. The molecule has 1 aliphatic carbocycles. The summed E-state index contributed by atoms with van der Waals surface area (Å²) in [4.78, 5) is 14.6. The molecule has 0 aromatic heterocycles. The molecule has 0 aromatic rings. The fourth-order valence-electron chi connectivity index (χ4n) is 3.95. The Bertz CT molecular complexity index is 328. The standard InChI is InChI=1S/C15H26N2OS.ClH/c18-14(10-13-11-19-9-7-16-13)17-8-6-15(12-17)4-2-1-3-5-15;/h13,16H,1-12H2;1H. The molecule has 1 unspecified atom stereocenters. The highest BCUT2D eigenvalue weighted by Gasteiger charge is 2.40. The first-order valence-corrected chi connectivity index (χ1v) is 9.02. The van der Waals surface area contributed by atoms with Crippen LogP contribution in [0.1, 0.15) is 44.9 Å². The van der Waals surface area contributed by atoms with Crippen LogP contribution in [0, 0.1) is 5.41 Å². The Morgan fingerprint density at radius 2 is 2.05 bits per heavy atom. The van der Waals surface area contributed by atoms with Crippen LogP contribution in [0.5, 0.6) is 0 Å². The SMILES string of the molecule is Cl.O=C(CC1CSCCN1)N1CCC2(CCCCC2)C1. The number of amides is 1. The predicted molar refractivity (Wildman–Crippen MR) is 87.7 cm³/mol. The first-order valence-electron chi connectivity index (χ1n) is 7.86. The Balaban J connectivity index is 0.00000147. The predicted octanol–water partition coefficient (Wildman–Crippen LogP) is 2.69. The largest absolute Gasteiger partial charge is 0.342 e. The first kappa shape index (κ1) is 16.4. The van der Waals surface area contributed by atoms with Gasteiger partial charge in [-0.3, -0.25) is 4.79 Å². The van der Waals surface area contributed by atoms with E-state index < -0.39 is 0 Å². The van der Waals surface area contributed by atoms with E-state index in [4.69, 9.17) is 0 Å². The highest BCUT2D eigenvalue weighted by molar-refractivity contribution is 7.99. The average Bonchev–Trinajstić information content (AvgIpc) is 2.85. The Morgan fingerprint density at radius 1 is 1.25 bits per heavy atom. The van der Waals surface area contributed by atoms with Crippen molar-refractivity contribution in [1.29, 1.82) is 0 Å². The number of hydrogen-bond donors (Lipinski definition) is 1. The Kier molecular flexibility index (Phi) is 6.06. The second-order valence-electron chi connectivity index (χ2n) is 6.56. The summed E-state index contributed by atoms with van der Waals surface area (Å²) in [6.07, 6.45) is 8.84. The summed E-state index contributed by atoms with van der Waals surface area (Å²) in [7, 11) is 0. The minimum atomic E-state index is 0. The molecule has 2 saturated heterocycles. The molecule has 3 rings (SSSR count). The highest BCUT2D eigenvalue weighted by Crippen LogP contribution is 2.43. The molecule has 5 heteroatoms. The summed E-state index contributed by atoms with van der Waals surface area (Å²) < 4.78 is 0. The number of halogens is 1. The Hall–Kier alpha value is 0.0700. The fraction of sp³-hybridized carbons (Fsp3) is 0.933. The van der Waals surface area contributed by atoms with Gasteiger partial charge < -0.3 is 10.2 Å². The van der Waals surface area contributed by atoms with Gasteiger partial charge in [-0.2, -0.15) is 11.8 Å². The number of hydrogen-bond acceptors (Lipinski definition) is 3. The van der Waals surface area contributed by atoms with E-state index in [-0.39, 0.29) is 12.4 Å². The Morgan fingerprint density at radius 3 is 2.75 bits per heavy atom. The lowest BCUT2D eigenvalue weighted by Crippen LogP contribution is -2.42. The zero-order chi connectivity index (χ0) is 13.1. The van der Waals surface area contributed by atoms with Gasteiger partial charge in [0.25, 0.3) is 0 Å². The number of thioether (sulfide) groups is 1. The van der Waals surface area contributed by atoms with Crippen LogP contribution >= 0.6 is 24.2 Å². The van der Waals surface area contributed by atoms with Gasteiger partial charge >= 0.3 is 0 Å². The number of nitrogens with one attached hydrogen (secondary N) is 1. The Labute approximate surface area is 133 Å². The van der Waals surface area contributed by atoms with Crippen molar-refractivity contribution in [3.63, 3.8) is 0 Å². The third-order valence-electron chi connectivity index (χ3n) is 5.12. The molecule has 1 N–H and O–H groups in total. The van der Waals surface area contributed by atoms with Crippen molar-refractivity contribution in [3.05, 3.63) is 0 Å². The second-order valence-corrected chi connectivity index (χ2v) is 7.71. The molecular formula is C15H27ClN2OS. The molecular weight excluding hydrogens is 292 g/mol. The molecule has 1 amide bonds. The summed E-state index contributed by atoms with van der Waals surface area (Å²) in [5, 5.41) is 3.48. The van der Waals surface area contributed by atoms with Gasteiger partial charge in [-0.05, 0) is 24.7 Å². The maximum atomic E-state index is 12.4.